The van der Waals surface area contributed by atoms with E-state index in [9.17, 15) is 0 Å². The molecule has 0 aliphatic rings. The lowest BCUT2D eigenvalue weighted by Gasteiger charge is -2.14. The van der Waals surface area contributed by atoms with Gasteiger partial charge in [0.2, 0.25) is 0 Å². The number of pyridine rings is 1. The highest BCUT2D eigenvalue weighted by Gasteiger charge is 2.21. The van der Waals surface area contributed by atoms with Crippen LogP contribution in [0.4, 0.5) is 5.82 Å². The largest absolute Gasteiger partial charge is 0.310 e. The van der Waals surface area contributed by atoms with E-state index in [1.165, 1.54) is 0 Å². The lowest BCUT2D eigenvalue weighted by atomic mass is 10.1. The molecule has 1 heterocycles. The molecule has 20 heavy (non-hydrogen) atoms. The van der Waals surface area contributed by atoms with Crippen molar-refractivity contribution >= 4 is 74.2 Å². The average Bonchev–Trinajstić information content (AvgIpc) is 2.44. The summed E-state index contributed by atoms with van der Waals surface area (Å²) in [4.78, 5) is 4.60. The van der Waals surface area contributed by atoms with Crippen molar-refractivity contribution in [2.45, 2.75) is 3.12 Å². The van der Waals surface area contributed by atoms with Gasteiger partial charge in [-0.3, -0.25) is 0 Å². The summed E-state index contributed by atoms with van der Waals surface area (Å²) in [5.41, 5.74) is 0.901. The van der Waals surface area contributed by atoms with Gasteiger partial charge in [-0.2, -0.15) is 0 Å². The molecule has 2 aromatic carbocycles. The summed E-state index contributed by atoms with van der Waals surface area (Å²) in [6.07, 6.45) is 0. The highest BCUT2D eigenvalue weighted by atomic mass is 35.6. The van der Waals surface area contributed by atoms with Gasteiger partial charge < -0.3 is 4.72 Å². The smallest absolute Gasteiger partial charge is 0.256 e. The monoisotopic (exact) mass is 342 g/mol. The summed E-state index contributed by atoms with van der Waals surface area (Å²) in [6.45, 7) is 0. The summed E-state index contributed by atoms with van der Waals surface area (Å²) < 4.78 is 1.59. The SMILES string of the molecule is ClC(Cl)(Cl)SNc1nc2ccccc2c2ccccc12. The van der Waals surface area contributed by atoms with Gasteiger partial charge in [-0.15, -0.1) is 0 Å². The third kappa shape index (κ3) is 2.91. The molecule has 0 unspecified atom stereocenters. The van der Waals surface area contributed by atoms with E-state index >= 15 is 0 Å². The standard InChI is InChI=1S/C14H9Cl3N2S/c15-14(16,17)20-19-13-11-7-2-1-5-9(11)10-6-3-4-8-12(10)18-13/h1-8H,(H,18,19). The highest BCUT2D eigenvalue weighted by Crippen LogP contribution is 2.40. The van der Waals surface area contributed by atoms with Gasteiger partial charge in [0.05, 0.1) is 5.52 Å². The van der Waals surface area contributed by atoms with Crippen LogP contribution in [0.1, 0.15) is 0 Å². The van der Waals surface area contributed by atoms with Gasteiger partial charge >= 0.3 is 0 Å². The second-order valence-electron chi connectivity index (χ2n) is 4.17. The van der Waals surface area contributed by atoms with Crippen molar-refractivity contribution < 1.29 is 0 Å². The Balaban J connectivity index is 2.19. The Bertz CT molecular complexity index is 771. The van der Waals surface area contributed by atoms with Crippen molar-refractivity contribution in [1.82, 2.24) is 4.98 Å². The number of halogens is 3. The third-order valence-corrected chi connectivity index (χ3v) is 4.09. The van der Waals surface area contributed by atoms with Crippen LogP contribution in [0.15, 0.2) is 48.5 Å². The maximum atomic E-state index is 5.76. The number of hydrogen-bond acceptors (Lipinski definition) is 3. The Morgan fingerprint density at radius 3 is 2.15 bits per heavy atom. The topological polar surface area (TPSA) is 24.9 Å². The number of para-hydroxylation sites is 1. The summed E-state index contributed by atoms with van der Waals surface area (Å²) >= 11 is 18.3. The number of nitrogens with zero attached hydrogens (tertiary/aromatic N) is 1. The zero-order valence-electron chi connectivity index (χ0n) is 10.1. The van der Waals surface area contributed by atoms with Gasteiger partial charge in [0.15, 0.2) is 0 Å². The van der Waals surface area contributed by atoms with Gasteiger partial charge in [0.25, 0.3) is 3.12 Å². The fraction of sp³-hybridized carbons (Fsp3) is 0.0714. The van der Waals surface area contributed by atoms with Crippen LogP contribution in [0.2, 0.25) is 0 Å². The second-order valence-corrected chi connectivity index (χ2v) is 8.15. The molecular formula is C14H9Cl3N2S. The van der Waals surface area contributed by atoms with Crippen molar-refractivity contribution in [3.63, 3.8) is 0 Å². The van der Waals surface area contributed by atoms with E-state index in [-0.39, 0.29) is 0 Å². The molecule has 0 aliphatic carbocycles. The first-order valence-electron chi connectivity index (χ1n) is 5.83. The van der Waals surface area contributed by atoms with E-state index in [1.807, 2.05) is 36.4 Å². The molecule has 102 valence electrons. The van der Waals surface area contributed by atoms with Crippen molar-refractivity contribution in [1.29, 1.82) is 0 Å². The first kappa shape index (κ1) is 14.1. The van der Waals surface area contributed by atoms with E-state index in [1.54, 1.807) is 0 Å². The summed E-state index contributed by atoms with van der Waals surface area (Å²) in [6, 6.07) is 16.0. The molecule has 0 radical (unpaired) electrons. The number of rotatable bonds is 2. The highest BCUT2D eigenvalue weighted by molar-refractivity contribution is 8.05. The Morgan fingerprint density at radius 1 is 0.850 bits per heavy atom. The van der Waals surface area contributed by atoms with Gasteiger partial charge in [-0.25, -0.2) is 4.98 Å². The van der Waals surface area contributed by atoms with Gasteiger partial charge in [0.1, 0.15) is 5.82 Å². The molecule has 0 spiro atoms. The second kappa shape index (κ2) is 5.49. The zero-order valence-corrected chi connectivity index (χ0v) is 13.2. The third-order valence-electron chi connectivity index (χ3n) is 2.87. The van der Waals surface area contributed by atoms with Crippen LogP contribution < -0.4 is 4.72 Å². The van der Waals surface area contributed by atoms with Crippen molar-refractivity contribution in [2.75, 3.05) is 4.72 Å². The van der Waals surface area contributed by atoms with Gasteiger partial charge in [0, 0.05) is 22.7 Å². The van der Waals surface area contributed by atoms with E-state index in [0.29, 0.717) is 5.82 Å². The van der Waals surface area contributed by atoms with Crippen LogP contribution in [0.3, 0.4) is 0 Å². The van der Waals surface area contributed by atoms with Crippen molar-refractivity contribution in [3.05, 3.63) is 48.5 Å². The van der Waals surface area contributed by atoms with Crippen LogP contribution in [0, 0.1) is 0 Å². The first-order chi connectivity index (χ1) is 9.54. The molecule has 3 rings (SSSR count). The Hall–Kier alpha value is -0.870. The molecule has 0 saturated heterocycles. The predicted molar refractivity (Wildman–Crippen MR) is 90.8 cm³/mol. The molecular weight excluding hydrogens is 335 g/mol. The molecule has 3 aromatic rings. The van der Waals surface area contributed by atoms with Crippen LogP contribution in [-0.4, -0.2) is 8.11 Å². The quantitative estimate of drug-likeness (QED) is 0.363. The minimum Gasteiger partial charge on any atom is -0.310 e. The molecule has 0 aliphatic heterocycles. The maximum absolute atomic E-state index is 5.76. The van der Waals surface area contributed by atoms with E-state index in [2.05, 4.69) is 21.8 Å². The summed E-state index contributed by atoms with van der Waals surface area (Å²) in [7, 11) is 0. The van der Waals surface area contributed by atoms with Crippen molar-refractivity contribution in [3.8, 4) is 0 Å². The molecule has 0 bridgehead atoms. The number of anilines is 1. The normalized spacial score (nSPS) is 11.9. The molecule has 0 amide bonds. The van der Waals surface area contributed by atoms with Crippen LogP contribution in [0.5, 0.6) is 0 Å². The lowest BCUT2D eigenvalue weighted by Crippen LogP contribution is -2.02. The molecule has 0 fully saturated rings. The number of hydrogen-bond donors (Lipinski definition) is 1. The number of benzene rings is 2. The van der Waals surface area contributed by atoms with Gasteiger partial charge in [-0.1, -0.05) is 77.3 Å². The molecule has 2 nitrogen and oxygen atoms in total. The predicted octanol–water partition coefficient (Wildman–Crippen LogP) is 5.78. The summed E-state index contributed by atoms with van der Waals surface area (Å²) in [5.74, 6) is 0.690. The Labute approximate surface area is 135 Å². The van der Waals surface area contributed by atoms with E-state index < -0.39 is 3.12 Å². The van der Waals surface area contributed by atoms with Crippen LogP contribution in [0.25, 0.3) is 21.7 Å². The van der Waals surface area contributed by atoms with Gasteiger partial charge in [-0.05, 0) is 11.5 Å². The fourth-order valence-electron chi connectivity index (χ4n) is 2.09. The molecule has 1 N–H and O–H groups in total. The summed E-state index contributed by atoms with van der Waals surface area (Å²) in [5, 5.41) is 3.21. The van der Waals surface area contributed by atoms with E-state index in [4.69, 9.17) is 34.8 Å². The minimum atomic E-state index is -1.44. The van der Waals surface area contributed by atoms with Crippen LogP contribution >= 0.6 is 46.8 Å². The van der Waals surface area contributed by atoms with Crippen molar-refractivity contribution in [2.24, 2.45) is 0 Å². The molecule has 1 aromatic heterocycles. The number of aromatic nitrogens is 1. The first-order valence-corrected chi connectivity index (χ1v) is 7.78. The zero-order chi connectivity index (χ0) is 14.2. The number of alkyl halides is 3. The minimum absolute atomic E-state index is 0.690. The Morgan fingerprint density at radius 2 is 1.45 bits per heavy atom. The number of fused-ring (bicyclic) bond motifs is 3. The Kier molecular flexibility index (Phi) is 3.87. The fourth-order valence-corrected chi connectivity index (χ4v) is 2.80. The lowest BCUT2D eigenvalue weighted by molar-refractivity contribution is 1.44. The number of nitrogens with one attached hydrogen (secondary N) is 1. The average molecular weight is 344 g/mol. The molecule has 6 heteroatoms. The maximum Gasteiger partial charge on any atom is 0.256 e. The van der Waals surface area contributed by atoms with Crippen LogP contribution in [-0.2, 0) is 0 Å². The molecule has 0 saturated carbocycles. The van der Waals surface area contributed by atoms with E-state index in [0.717, 1.165) is 33.6 Å². The molecule has 0 atom stereocenters.